The maximum atomic E-state index is 11.6. The SMILES string of the molecule is CON(C)C(=O)c1nc2n(n1)CCCN2. The van der Waals surface area contributed by atoms with Gasteiger partial charge in [0.25, 0.3) is 0 Å². The van der Waals surface area contributed by atoms with Gasteiger partial charge in [-0.1, -0.05) is 0 Å². The van der Waals surface area contributed by atoms with Crippen LogP contribution in [0.25, 0.3) is 0 Å². The number of aromatic nitrogens is 3. The summed E-state index contributed by atoms with van der Waals surface area (Å²) in [5, 5.41) is 8.26. The van der Waals surface area contributed by atoms with E-state index in [1.54, 1.807) is 4.68 Å². The number of carbonyl (C=O) groups excluding carboxylic acids is 1. The van der Waals surface area contributed by atoms with Gasteiger partial charge in [0.05, 0.1) is 7.11 Å². The number of fused-ring (bicyclic) bond motifs is 1. The van der Waals surface area contributed by atoms with E-state index in [2.05, 4.69) is 15.4 Å². The lowest BCUT2D eigenvalue weighted by atomic mass is 10.4. The van der Waals surface area contributed by atoms with Crippen LogP contribution in [-0.4, -0.2) is 46.4 Å². The van der Waals surface area contributed by atoms with E-state index < -0.39 is 0 Å². The monoisotopic (exact) mass is 211 g/mol. The van der Waals surface area contributed by atoms with E-state index in [1.165, 1.54) is 14.2 Å². The zero-order valence-electron chi connectivity index (χ0n) is 8.73. The lowest BCUT2D eigenvalue weighted by Crippen LogP contribution is -2.26. The van der Waals surface area contributed by atoms with Crippen molar-refractivity contribution >= 4 is 11.9 Å². The van der Waals surface area contributed by atoms with E-state index >= 15 is 0 Å². The Morgan fingerprint density at radius 1 is 1.67 bits per heavy atom. The Morgan fingerprint density at radius 3 is 3.13 bits per heavy atom. The van der Waals surface area contributed by atoms with Crippen molar-refractivity contribution in [1.82, 2.24) is 19.8 Å². The van der Waals surface area contributed by atoms with Crippen molar-refractivity contribution < 1.29 is 9.63 Å². The quantitative estimate of drug-likeness (QED) is 0.681. The number of rotatable bonds is 2. The number of anilines is 1. The largest absolute Gasteiger partial charge is 0.354 e. The van der Waals surface area contributed by atoms with Gasteiger partial charge in [-0.15, -0.1) is 5.10 Å². The van der Waals surface area contributed by atoms with Gasteiger partial charge in [-0.25, -0.2) is 9.75 Å². The van der Waals surface area contributed by atoms with Crippen LogP contribution in [0.3, 0.4) is 0 Å². The average Bonchev–Trinajstić information content (AvgIpc) is 2.70. The fourth-order valence-electron chi connectivity index (χ4n) is 1.37. The first-order chi connectivity index (χ1) is 7.22. The molecule has 0 aromatic carbocycles. The minimum absolute atomic E-state index is 0.156. The molecule has 0 radical (unpaired) electrons. The molecule has 0 aliphatic carbocycles. The van der Waals surface area contributed by atoms with Crippen molar-refractivity contribution in [3.63, 3.8) is 0 Å². The summed E-state index contributed by atoms with van der Waals surface area (Å²) in [7, 11) is 2.95. The zero-order chi connectivity index (χ0) is 10.8. The molecule has 0 saturated heterocycles. The predicted octanol–water partition coefficient (Wildman–Crippen LogP) is -0.273. The van der Waals surface area contributed by atoms with Crippen LogP contribution in [0.1, 0.15) is 17.0 Å². The van der Waals surface area contributed by atoms with Gasteiger partial charge in [-0.2, -0.15) is 4.98 Å². The van der Waals surface area contributed by atoms with Crippen LogP contribution in [0.5, 0.6) is 0 Å². The van der Waals surface area contributed by atoms with Crippen molar-refractivity contribution in [1.29, 1.82) is 0 Å². The summed E-state index contributed by atoms with van der Waals surface area (Å²) >= 11 is 0. The lowest BCUT2D eigenvalue weighted by molar-refractivity contribution is -0.0764. The molecule has 1 aliphatic rings. The molecule has 1 amide bonds. The second-order valence-electron chi connectivity index (χ2n) is 3.25. The number of carbonyl (C=O) groups is 1. The van der Waals surface area contributed by atoms with E-state index in [1.807, 2.05) is 0 Å². The highest BCUT2D eigenvalue weighted by atomic mass is 16.7. The van der Waals surface area contributed by atoms with Gasteiger partial charge < -0.3 is 5.32 Å². The van der Waals surface area contributed by atoms with Crippen molar-refractivity contribution in [2.24, 2.45) is 0 Å². The molecule has 0 fully saturated rings. The van der Waals surface area contributed by atoms with Crippen molar-refractivity contribution in [2.45, 2.75) is 13.0 Å². The third-order valence-electron chi connectivity index (χ3n) is 2.25. The third kappa shape index (κ3) is 1.78. The number of nitrogens with zero attached hydrogens (tertiary/aromatic N) is 4. The summed E-state index contributed by atoms with van der Waals surface area (Å²) in [5.41, 5.74) is 0. The number of amides is 1. The van der Waals surface area contributed by atoms with E-state index in [-0.39, 0.29) is 11.7 Å². The fourth-order valence-corrected chi connectivity index (χ4v) is 1.37. The molecular formula is C8H13N5O2. The van der Waals surface area contributed by atoms with Crippen LogP contribution in [0.15, 0.2) is 0 Å². The van der Waals surface area contributed by atoms with Crippen molar-refractivity contribution in [3.8, 4) is 0 Å². The molecule has 15 heavy (non-hydrogen) atoms. The highest BCUT2D eigenvalue weighted by Gasteiger charge is 2.21. The van der Waals surface area contributed by atoms with Gasteiger partial charge in [-0.3, -0.25) is 9.63 Å². The molecule has 1 N–H and O–H groups in total. The molecule has 0 spiro atoms. The van der Waals surface area contributed by atoms with Crippen LogP contribution >= 0.6 is 0 Å². The summed E-state index contributed by atoms with van der Waals surface area (Å²) in [6.45, 7) is 1.66. The van der Waals surface area contributed by atoms with Crippen LogP contribution in [0.4, 0.5) is 5.95 Å². The summed E-state index contributed by atoms with van der Waals surface area (Å²) in [6.07, 6.45) is 0.990. The molecule has 2 heterocycles. The maximum absolute atomic E-state index is 11.6. The summed E-state index contributed by atoms with van der Waals surface area (Å²) in [6, 6.07) is 0. The van der Waals surface area contributed by atoms with Gasteiger partial charge in [0.15, 0.2) is 0 Å². The Morgan fingerprint density at radius 2 is 2.47 bits per heavy atom. The Balaban J connectivity index is 2.22. The Kier molecular flexibility index (Phi) is 2.55. The van der Waals surface area contributed by atoms with Gasteiger partial charge in [0, 0.05) is 20.1 Å². The summed E-state index contributed by atoms with van der Waals surface area (Å²) in [4.78, 5) is 20.5. The van der Waals surface area contributed by atoms with Gasteiger partial charge in [-0.05, 0) is 6.42 Å². The molecule has 0 saturated carbocycles. The molecule has 2 rings (SSSR count). The van der Waals surface area contributed by atoms with Gasteiger partial charge >= 0.3 is 5.91 Å². The molecule has 1 aromatic heterocycles. The van der Waals surface area contributed by atoms with Crippen LogP contribution in [-0.2, 0) is 11.4 Å². The van der Waals surface area contributed by atoms with E-state index in [9.17, 15) is 4.79 Å². The number of hydrogen-bond donors (Lipinski definition) is 1. The smallest absolute Gasteiger partial charge is 0.316 e. The highest BCUT2D eigenvalue weighted by Crippen LogP contribution is 2.11. The minimum atomic E-state index is -0.346. The van der Waals surface area contributed by atoms with Crippen molar-refractivity contribution in [3.05, 3.63) is 5.82 Å². The normalized spacial score (nSPS) is 14.3. The molecule has 7 nitrogen and oxygen atoms in total. The van der Waals surface area contributed by atoms with Gasteiger partial charge in [0.1, 0.15) is 0 Å². The second kappa shape index (κ2) is 3.85. The Labute approximate surface area is 87.0 Å². The zero-order valence-corrected chi connectivity index (χ0v) is 8.73. The fraction of sp³-hybridized carbons (Fsp3) is 0.625. The van der Waals surface area contributed by atoms with Crippen molar-refractivity contribution in [2.75, 3.05) is 26.0 Å². The molecule has 82 valence electrons. The first-order valence-corrected chi connectivity index (χ1v) is 4.73. The summed E-state index contributed by atoms with van der Waals surface area (Å²) in [5.74, 6) is 0.457. The number of hydroxylamine groups is 2. The Hall–Kier alpha value is -1.63. The predicted molar refractivity (Wildman–Crippen MR) is 52.2 cm³/mol. The molecule has 0 unspecified atom stereocenters. The molecular weight excluding hydrogens is 198 g/mol. The second-order valence-corrected chi connectivity index (χ2v) is 3.25. The van der Waals surface area contributed by atoms with E-state index in [4.69, 9.17) is 4.84 Å². The number of nitrogens with one attached hydrogen (secondary N) is 1. The molecule has 7 heteroatoms. The molecule has 0 bridgehead atoms. The summed E-state index contributed by atoms with van der Waals surface area (Å²) < 4.78 is 1.69. The van der Waals surface area contributed by atoms with E-state index in [0.717, 1.165) is 24.6 Å². The maximum Gasteiger partial charge on any atom is 0.316 e. The molecule has 1 aliphatic heterocycles. The standard InChI is InChI=1S/C8H13N5O2/c1-12(15-2)7(14)6-10-8-9-4-3-5-13(8)11-6/h3-5H2,1-2H3,(H,9,10,11). The third-order valence-corrected chi connectivity index (χ3v) is 2.25. The lowest BCUT2D eigenvalue weighted by Gasteiger charge is -2.12. The molecule has 1 aromatic rings. The first kappa shape index (κ1) is 9.91. The number of hydrogen-bond acceptors (Lipinski definition) is 5. The van der Waals surface area contributed by atoms with E-state index in [0.29, 0.717) is 5.95 Å². The van der Waals surface area contributed by atoms with Crippen LogP contribution in [0.2, 0.25) is 0 Å². The average molecular weight is 211 g/mol. The minimum Gasteiger partial charge on any atom is -0.354 e. The highest BCUT2D eigenvalue weighted by molar-refractivity contribution is 5.89. The van der Waals surface area contributed by atoms with Crippen LogP contribution < -0.4 is 5.32 Å². The first-order valence-electron chi connectivity index (χ1n) is 4.73. The topological polar surface area (TPSA) is 72.3 Å². The van der Waals surface area contributed by atoms with Gasteiger partial charge in [0.2, 0.25) is 11.8 Å². The van der Waals surface area contributed by atoms with Crippen LogP contribution in [0, 0.1) is 0 Å². The number of aryl methyl sites for hydroxylation is 1. The Bertz CT molecular complexity index is 352. The molecule has 0 atom stereocenters.